The van der Waals surface area contributed by atoms with E-state index < -0.39 is 0 Å². The maximum atomic E-state index is 11.1. The van der Waals surface area contributed by atoms with Gasteiger partial charge in [-0.25, -0.2) is 0 Å². The van der Waals surface area contributed by atoms with E-state index in [1.807, 2.05) is 6.07 Å². The number of benzene rings is 2. The van der Waals surface area contributed by atoms with Gasteiger partial charge < -0.3 is 4.74 Å². The molecule has 1 aliphatic carbocycles. The second kappa shape index (κ2) is 4.37. The molecule has 0 bridgehead atoms. The molecule has 2 nitrogen and oxygen atoms in total. The predicted octanol–water partition coefficient (Wildman–Crippen LogP) is 4.03. The molecule has 2 atom stereocenters. The van der Waals surface area contributed by atoms with Crippen molar-refractivity contribution in [1.82, 2.24) is 0 Å². The molecule has 0 spiro atoms. The predicted molar refractivity (Wildman–Crippen MR) is 77.0 cm³/mol. The minimum absolute atomic E-state index is 0.0463. The van der Waals surface area contributed by atoms with Crippen molar-refractivity contribution in [2.45, 2.75) is 32.6 Å². The third-order valence-electron chi connectivity index (χ3n) is 4.23. The quantitative estimate of drug-likeness (QED) is 0.826. The van der Waals surface area contributed by atoms with Crippen LogP contribution < -0.4 is 4.74 Å². The van der Waals surface area contributed by atoms with E-state index >= 15 is 0 Å². The summed E-state index contributed by atoms with van der Waals surface area (Å²) in [5.41, 5.74) is 2.79. The number of carbonyl (C=O) groups is 1. The van der Waals surface area contributed by atoms with E-state index in [9.17, 15) is 4.79 Å². The van der Waals surface area contributed by atoms with Crippen molar-refractivity contribution in [1.29, 1.82) is 0 Å². The maximum absolute atomic E-state index is 11.1. The summed E-state index contributed by atoms with van der Waals surface area (Å²) in [5, 5.41) is 2.45. The molecular formula is C17H18O2. The van der Waals surface area contributed by atoms with Gasteiger partial charge in [0.15, 0.2) is 5.78 Å². The first-order valence-corrected chi connectivity index (χ1v) is 6.77. The van der Waals surface area contributed by atoms with Gasteiger partial charge in [-0.2, -0.15) is 0 Å². The minimum atomic E-state index is 0.0463. The van der Waals surface area contributed by atoms with E-state index in [0.717, 1.165) is 11.1 Å². The Morgan fingerprint density at radius 3 is 2.47 bits per heavy atom. The number of ketones is 1. The van der Waals surface area contributed by atoms with Crippen LogP contribution in [0.2, 0.25) is 0 Å². The van der Waals surface area contributed by atoms with E-state index in [-0.39, 0.29) is 12.4 Å². The first kappa shape index (κ1) is 12.2. The van der Waals surface area contributed by atoms with Gasteiger partial charge in [-0.15, -0.1) is 0 Å². The molecule has 2 aromatic carbocycles. The molecular weight excluding hydrogens is 236 g/mol. The summed E-state index contributed by atoms with van der Waals surface area (Å²) >= 11 is 0. The highest BCUT2D eigenvalue weighted by molar-refractivity contribution is 5.96. The van der Waals surface area contributed by atoms with Crippen molar-refractivity contribution in [3.8, 4) is 5.75 Å². The van der Waals surface area contributed by atoms with Crippen molar-refractivity contribution < 1.29 is 9.53 Å². The monoisotopic (exact) mass is 254 g/mol. The Balaban J connectivity index is 2.16. The van der Waals surface area contributed by atoms with E-state index in [1.165, 1.54) is 16.5 Å². The average molecular weight is 254 g/mol. The Morgan fingerprint density at radius 2 is 1.79 bits per heavy atom. The Labute approximate surface area is 113 Å². The van der Waals surface area contributed by atoms with Crippen LogP contribution in [-0.2, 0) is 4.79 Å². The highest BCUT2D eigenvalue weighted by atomic mass is 16.5. The number of hydrogen-bond acceptors (Lipinski definition) is 2. The van der Waals surface area contributed by atoms with Gasteiger partial charge >= 0.3 is 0 Å². The second-order valence-electron chi connectivity index (χ2n) is 5.49. The van der Waals surface area contributed by atoms with Crippen LogP contribution in [0.4, 0.5) is 0 Å². The van der Waals surface area contributed by atoms with E-state index in [4.69, 9.17) is 4.74 Å². The Morgan fingerprint density at radius 1 is 1.11 bits per heavy atom. The third kappa shape index (κ3) is 1.83. The van der Waals surface area contributed by atoms with Crippen molar-refractivity contribution >= 4 is 16.6 Å². The number of Topliss-reactive ketones (excluding diaryl/α,β-unsaturated/α-hetero) is 1. The highest BCUT2D eigenvalue weighted by Crippen LogP contribution is 2.48. The molecule has 0 heterocycles. The summed E-state index contributed by atoms with van der Waals surface area (Å²) in [6, 6.07) is 10.5. The lowest BCUT2D eigenvalue weighted by atomic mass is 9.94. The first-order chi connectivity index (χ1) is 9.09. The van der Waals surface area contributed by atoms with Crippen LogP contribution in [0.25, 0.3) is 10.8 Å². The summed E-state index contributed by atoms with van der Waals surface area (Å²) in [6.45, 7) is 6.24. The zero-order valence-electron chi connectivity index (χ0n) is 11.6. The van der Waals surface area contributed by atoms with Crippen LogP contribution >= 0.6 is 0 Å². The summed E-state index contributed by atoms with van der Waals surface area (Å²) in [5.74, 6) is 1.95. The van der Waals surface area contributed by atoms with Gasteiger partial charge in [0.1, 0.15) is 12.4 Å². The van der Waals surface area contributed by atoms with Crippen LogP contribution in [0, 0.1) is 0 Å². The molecule has 2 aromatic rings. The molecule has 0 amide bonds. The standard InChI is InChI=1S/C17H18O2/c1-10(18)9-19-16-8-7-14-12(3)11(2)13-5-4-6-15(16)17(13)14/h4-8,11-12H,9H2,1-3H3. The zero-order chi connectivity index (χ0) is 13.6. The van der Waals surface area contributed by atoms with E-state index in [2.05, 4.69) is 38.1 Å². The number of rotatable bonds is 3. The summed E-state index contributed by atoms with van der Waals surface area (Å²) in [6.07, 6.45) is 0. The normalized spacial score (nSPS) is 20.8. The van der Waals surface area contributed by atoms with E-state index in [0.29, 0.717) is 11.8 Å². The highest BCUT2D eigenvalue weighted by Gasteiger charge is 2.28. The minimum Gasteiger partial charge on any atom is -0.485 e. The van der Waals surface area contributed by atoms with Gasteiger partial charge in [-0.3, -0.25) is 4.79 Å². The Bertz CT molecular complexity index is 643. The van der Waals surface area contributed by atoms with Gasteiger partial charge in [0.2, 0.25) is 0 Å². The van der Waals surface area contributed by atoms with Gasteiger partial charge in [0.05, 0.1) is 0 Å². The molecule has 0 aliphatic heterocycles. The maximum Gasteiger partial charge on any atom is 0.167 e. The van der Waals surface area contributed by atoms with Crippen molar-refractivity contribution in [3.63, 3.8) is 0 Å². The fourth-order valence-corrected chi connectivity index (χ4v) is 3.04. The lowest BCUT2D eigenvalue weighted by molar-refractivity contribution is -0.118. The number of hydrogen-bond donors (Lipinski definition) is 0. The van der Waals surface area contributed by atoms with Gasteiger partial charge in [-0.05, 0) is 41.3 Å². The van der Waals surface area contributed by atoms with Crippen LogP contribution in [0.3, 0.4) is 0 Å². The SMILES string of the molecule is CC(=O)COc1ccc2c3c(cccc13)C(C)C2C. The molecule has 19 heavy (non-hydrogen) atoms. The first-order valence-electron chi connectivity index (χ1n) is 6.77. The average Bonchev–Trinajstić information content (AvgIpc) is 2.65. The number of carbonyl (C=O) groups excluding carboxylic acids is 1. The van der Waals surface area contributed by atoms with Crippen molar-refractivity contribution in [2.24, 2.45) is 0 Å². The largest absolute Gasteiger partial charge is 0.485 e. The zero-order valence-corrected chi connectivity index (χ0v) is 11.6. The van der Waals surface area contributed by atoms with Crippen LogP contribution in [0.15, 0.2) is 30.3 Å². The number of ether oxygens (including phenoxy) is 1. The molecule has 2 heteroatoms. The van der Waals surface area contributed by atoms with Gasteiger partial charge in [-0.1, -0.05) is 38.1 Å². The Hall–Kier alpha value is -1.83. The fraction of sp³-hybridized carbons (Fsp3) is 0.353. The molecule has 0 fully saturated rings. The van der Waals surface area contributed by atoms with Gasteiger partial charge in [0, 0.05) is 5.39 Å². The van der Waals surface area contributed by atoms with Gasteiger partial charge in [0.25, 0.3) is 0 Å². The van der Waals surface area contributed by atoms with Crippen molar-refractivity contribution in [2.75, 3.05) is 6.61 Å². The van der Waals surface area contributed by atoms with Crippen molar-refractivity contribution in [3.05, 3.63) is 41.5 Å². The van der Waals surface area contributed by atoms with Crippen LogP contribution in [-0.4, -0.2) is 12.4 Å². The van der Waals surface area contributed by atoms with Crippen LogP contribution in [0.5, 0.6) is 5.75 Å². The molecule has 1 aliphatic rings. The summed E-state index contributed by atoms with van der Waals surface area (Å²) in [7, 11) is 0. The molecule has 0 saturated heterocycles. The van der Waals surface area contributed by atoms with E-state index in [1.54, 1.807) is 6.92 Å². The summed E-state index contributed by atoms with van der Waals surface area (Å²) < 4.78 is 5.64. The lowest BCUT2D eigenvalue weighted by Crippen LogP contribution is -2.06. The summed E-state index contributed by atoms with van der Waals surface area (Å²) in [4.78, 5) is 11.1. The molecule has 2 unspecified atom stereocenters. The molecule has 0 N–H and O–H groups in total. The molecule has 0 aromatic heterocycles. The molecule has 0 saturated carbocycles. The molecule has 0 radical (unpaired) electrons. The lowest BCUT2D eigenvalue weighted by Gasteiger charge is -2.11. The second-order valence-corrected chi connectivity index (χ2v) is 5.49. The topological polar surface area (TPSA) is 26.3 Å². The smallest absolute Gasteiger partial charge is 0.167 e. The Kier molecular flexibility index (Phi) is 2.81. The fourth-order valence-electron chi connectivity index (χ4n) is 3.04. The third-order valence-corrected chi connectivity index (χ3v) is 4.23. The molecule has 3 rings (SSSR count). The molecule has 98 valence electrons. The van der Waals surface area contributed by atoms with Crippen LogP contribution in [0.1, 0.15) is 43.7 Å².